The fraction of sp³-hybridized carbons (Fsp3) is 0.625. The second kappa shape index (κ2) is 3.75. The number of ether oxygens (including phenoxy) is 1. The average molecular weight is 197 g/mol. The van der Waals surface area contributed by atoms with Crippen LogP contribution in [0.3, 0.4) is 0 Å². The summed E-state index contributed by atoms with van der Waals surface area (Å²) in [4.78, 5) is 25.6. The van der Waals surface area contributed by atoms with E-state index >= 15 is 0 Å². The van der Waals surface area contributed by atoms with Crippen LogP contribution in [0.5, 0.6) is 0 Å². The highest BCUT2D eigenvalue weighted by molar-refractivity contribution is 6.45. The molecule has 0 aromatic carbocycles. The molecule has 2 rings (SSSR count). The highest BCUT2D eigenvalue weighted by Crippen LogP contribution is 2.12. The van der Waals surface area contributed by atoms with Gasteiger partial charge in [-0.1, -0.05) is 0 Å². The Labute approximate surface area is 80.7 Å². The standard InChI is InChI=1S/C8H11N3O3/c12-6-7(13)11-8(10-6)9-3-5-1-2-14-4-5/h5H,1-4H2,(H2,9,10,11,12,13). The largest absolute Gasteiger partial charge is 0.381 e. The van der Waals surface area contributed by atoms with Crippen molar-refractivity contribution in [2.75, 3.05) is 19.8 Å². The van der Waals surface area contributed by atoms with Crippen molar-refractivity contribution in [3.63, 3.8) is 0 Å². The van der Waals surface area contributed by atoms with Crippen molar-refractivity contribution < 1.29 is 14.3 Å². The minimum Gasteiger partial charge on any atom is -0.381 e. The number of carbonyl (C=O) groups is 2. The number of aliphatic imine (C=N–C) groups is 1. The molecule has 1 unspecified atom stereocenters. The van der Waals surface area contributed by atoms with Crippen LogP contribution in [0, 0.1) is 5.92 Å². The fourth-order valence-corrected chi connectivity index (χ4v) is 1.39. The van der Waals surface area contributed by atoms with E-state index < -0.39 is 11.8 Å². The number of hydrogen-bond donors (Lipinski definition) is 2. The molecule has 0 aromatic rings. The molecule has 14 heavy (non-hydrogen) atoms. The third-order valence-corrected chi connectivity index (χ3v) is 2.20. The summed E-state index contributed by atoms with van der Waals surface area (Å²) in [5.41, 5.74) is 0. The number of nitrogens with one attached hydrogen (secondary N) is 2. The van der Waals surface area contributed by atoms with E-state index in [1.165, 1.54) is 0 Å². The molecule has 76 valence electrons. The highest BCUT2D eigenvalue weighted by atomic mass is 16.5. The van der Waals surface area contributed by atoms with Gasteiger partial charge in [0.15, 0.2) is 0 Å². The molecule has 0 saturated carbocycles. The lowest BCUT2D eigenvalue weighted by Crippen LogP contribution is -2.26. The van der Waals surface area contributed by atoms with E-state index in [1.54, 1.807) is 0 Å². The summed E-state index contributed by atoms with van der Waals surface area (Å²) in [6.45, 7) is 2.06. The Morgan fingerprint density at radius 2 is 2.07 bits per heavy atom. The maximum atomic E-state index is 10.8. The third-order valence-electron chi connectivity index (χ3n) is 2.20. The predicted octanol–water partition coefficient (Wildman–Crippen LogP) is -1.38. The van der Waals surface area contributed by atoms with E-state index in [2.05, 4.69) is 15.6 Å². The van der Waals surface area contributed by atoms with Crippen molar-refractivity contribution in [2.45, 2.75) is 6.42 Å². The number of guanidine groups is 1. The zero-order chi connectivity index (χ0) is 9.97. The monoisotopic (exact) mass is 197 g/mol. The van der Waals surface area contributed by atoms with Crippen LogP contribution in [-0.4, -0.2) is 37.5 Å². The van der Waals surface area contributed by atoms with E-state index in [4.69, 9.17) is 4.74 Å². The zero-order valence-corrected chi connectivity index (χ0v) is 7.58. The minimum atomic E-state index is -0.647. The van der Waals surface area contributed by atoms with Gasteiger partial charge < -0.3 is 4.74 Å². The molecule has 6 nitrogen and oxygen atoms in total. The summed E-state index contributed by atoms with van der Waals surface area (Å²) in [5, 5.41) is 4.67. The Hall–Kier alpha value is -1.43. The van der Waals surface area contributed by atoms with Gasteiger partial charge in [0.2, 0.25) is 5.96 Å². The number of amides is 2. The average Bonchev–Trinajstić information content (AvgIpc) is 2.74. The first-order chi connectivity index (χ1) is 6.75. The summed E-state index contributed by atoms with van der Waals surface area (Å²) in [6.07, 6.45) is 0.985. The van der Waals surface area contributed by atoms with Crippen molar-refractivity contribution in [2.24, 2.45) is 10.9 Å². The maximum Gasteiger partial charge on any atom is 0.316 e. The van der Waals surface area contributed by atoms with E-state index in [1.807, 2.05) is 0 Å². The SMILES string of the molecule is O=C1NC(=NCC2CCOC2)NC1=O. The van der Waals surface area contributed by atoms with E-state index in [0.717, 1.165) is 13.0 Å². The Morgan fingerprint density at radius 1 is 1.36 bits per heavy atom. The molecule has 0 bridgehead atoms. The highest BCUT2D eigenvalue weighted by Gasteiger charge is 2.25. The van der Waals surface area contributed by atoms with Gasteiger partial charge in [-0.15, -0.1) is 0 Å². The van der Waals surface area contributed by atoms with Gasteiger partial charge in [-0.05, 0) is 6.42 Å². The first-order valence-electron chi connectivity index (χ1n) is 4.50. The number of hydrogen-bond acceptors (Lipinski definition) is 4. The van der Waals surface area contributed by atoms with Gasteiger partial charge in [-0.3, -0.25) is 25.2 Å². The number of rotatable bonds is 2. The molecule has 0 aromatic heterocycles. The molecular formula is C8H11N3O3. The van der Waals surface area contributed by atoms with E-state index in [-0.39, 0.29) is 5.96 Å². The molecule has 1 atom stereocenters. The van der Waals surface area contributed by atoms with E-state index in [0.29, 0.717) is 19.1 Å². The lowest BCUT2D eigenvalue weighted by molar-refractivity contribution is -0.135. The van der Waals surface area contributed by atoms with Gasteiger partial charge in [0, 0.05) is 19.1 Å². The molecule has 0 spiro atoms. The van der Waals surface area contributed by atoms with Crippen LogP contribution in [0.2, 0.25) is 0 Å². The van der Waals surface area contributed by atoms with Gasteiger partial charge >= 0.3 is 11.8 Å². The van der Waals surface area contributed by atoms with Crippen molar-refractivity contribution in [3.8, 4) is 0 Å². The molecule has 0 aliphatic carbocycles. The minimum absolute atomic E-state index is 0.256. The lowest BCUT2D eigenvalue weighted by atomic mass is 10.1. The third kappa shape index (κ3) is 1.90. The predicted molar refractivity (Wildman–Crippen MR) is 47.5 cm³/mol. The van der Waals surface area contributed by atoms with Crippen LogP contribution in [0.15, 0.2) is 4.99 Å². The van der Waals surface area contributed by atoms with Gasteiger partial charge in [0.1, 0.15) is 0 Å². The van der Waals surface area contributed by atoms with Gasteiger partial charge in [0.25, 0.3) is 0 Å². The lowest BCUT2D eigenvalue weighted by Gasteiger charge is -2.02. The fourth-order valence-electron chi connectivity index (χ4n) is 1.39. The molecular weight excluding hydrogens is 186 g/mol. The molecule has 6 heteroatoms. The van der Waals surface area contributed by atoms with Crippen LogP contribution in [0.25, 0.3) is 0 Å². The second-order valence-corrected chi connectivity index (χ2v) is 3.33. The molecule has 2 fully saturated rings. The summed E-state index contributed by atoms with van der Waals surface area (Å²) >= 11 is 0. The molecule has 0 radical (unpaired) electrons. The van der Waals surface area contributed by atoms with E-state index in [9.17, 15) is 9.59 Å². The Morgan fingerprint density at radius 3 is 2.64 bits per heavy atom. The molecule has 2 aliphatic heterocycles. The van der Waals surface area contributed by atoms with Gasteiger partial charge in [-0.25, -0.2) is 0 Å². The van der Waals surface area contributed by atoms with Crippen molar-refractivity contribution in [3.05, 3.63) is 0 Å². The van der Waals surface area contributed by atoms with Crippen molar-refractivity contribution >= 4 is 17.8 Å². The Balaban J connectivity index is 1.86. The number of carbonyl (C=O) groups excluding carboxylic acids is 2. The quantitative estimate of drug-likeness (QED) is 0.536. The zero-order valence-electron chi connectivity index (χ0n) is 7.58. The Bertz CT molecular complexity index is 276. The van der Waals surface area contributed by atoms with Gasteiger partial charge in [-0.2, -0.15) is 0 Å². The maximum absolute atomic E-state index is 10.8. The first kappa shape index (κ1) is 9.14. The summed E-state index contributed by atoms with van der Waals surface area (Å²) in [6, 6.07) is 0. The van der Waals surface area contributed by atoms with Crippen LogP contribution in [0.4, 0.5) is 0 Å². The second-order valence-electron chi connectivity index (χ2n) is 3.33. The first-order valence-corrected chi connectivity index (χ1v) is 4.50. The summed E-state index contributed by atoms with van der Waals surface area (Å²) < 4.78 is 5.17. The molecule has 2 amide bonds. The normalized spacial score (nSPS) is 26.3. The van der Waals surface area contributed by atoms with Crippen LogP contribution in [0.1, 0.15) is 6.42 Å². The van der Waals surface area contributed by atoms with Crippen molar-refractivity contribution in [1.29, 1.82) is 0 Å². The summed E-state index contributed by atoms with van der Waals surface area (Å²) in [7, 11) is 0. The molecule has 2 saturated heterocycles. The van der Waals surface area contributed by atoms with Crippen LogP contribution >= 0.6 is 0 Å². The van der Waals surface area contributed by atoms with Gasteiger partial charge in [0.05, 0.1) is 6.61 Å². The molecule has 2 aliphatic rings. The smallest absolute Gasteiger partial charge is 0.316 e. The molecule has 2 N–H and O–H groups in total. The number of nitrogens with zero attached hydrogens (tertiary/aromatic N) is 1. The van der Waals surface area contributed by atoms with Crippen LogP contribution < -0.4 is 10.6 Å². The molecule has 2 heterocycles. The van der Waals surface area contributed by atoms with Crippen LogP contribution in [-0.2, 0) is 14.3 Å². The van der Waals surface area contributed by atoms with Crippen molar-refractivity contribution in [1.82, 2.24) is 10.6 Å². The topological polar surface area (TPSA) is 79.8 Å². The summed E-state index contributed by atoms with van der Waals surface area (Å²) in [5.74, 6) is -0.637. The Kier molecular flexibility index (Phi) is 2.45.